The van der Waals surface area contributed by atoms with E-state index in [1.54, 1.807) is 24.0 Å². The second-order valence-corrected chi connectivity index (χ2v) is 4.19. The molecule has 0 aromatic carbocycles. The maximum absolute atomic E-state index is 11.0. The number of rotatable bonds is 3. The van der Waals surface area contributed by atoms with E-state index in [1.165, 1.54) is 0 Å². The molecule has 17 heavy (non-hydrogen) atoms. The summed E-state index contributed by atoms with van der Waals surface area (Å²) in [7, 11) is 1.78. The van der Waals surface area contributed by atoms with Crippen molar-refractivity contribution in [2.24, 2.45) is 7.05 Å². The first-order chi connectivity index (χ1) is 8.15. The molecule has 1 fully saturated rings. The summed E-state index contributed by atoms with van der Waals surface area (Å²) in [5, 5.41) is 13.2. The van der Waals surface area contributed by atoms with Crippen molar-refractivity contribution in [1.82, 2.24) is 14.8 Å². The van der Waals surface area contributed by atoms with Gasteiger partial charge in [-0.25, -0.2) is 9.78 Å². The molecule has 2 heterocycles. The van der Waals surface area contributed by atoms with Crippen LogP contribution in [0.25, 0.3) is 11.6 Å². The smallest absolute Gasteiger partial charge is 0.373 e. The number of aromatic nitrogens is 3. The highest BCUT2D eigenvalue weighted by atomic mass is 16.4. The van der Waals surface area contributed by atoms with Crippen molar-refractivity contribution in [2.45, 2.75) is 18.8 Å². The molecule has 1 saturated carbocycles. The Bertz CT molecular complexity index is 581. The lowest BCUT2D eigenvalue weighted by molar-refractivity contribution is 0.0661. The maximum atomic E-state index is 11.0. The summed E-state index contributed by atoms with van der Waals surface area (Å²) in [6.07, 6.45) is 3.72. The Morgan fingerprint density at radius 3 is 2.88 bits per heavy atom. The fraction of sp³-hybridized carbons (Fsp3) is 0.364. The van der Waals surface area contributed by atoms with Crippen LogP contribution in [0.3, 0.4) is 0 Å². The molecule has 0 aliphatic heterocycles. The van der Waals surface area contributed by atoms with E-state index in [0.29, 0.717) is 11.4 Å². The minimum Gasteiger partial charge on any atom is -0.475 e. The number of carboxylic acids is 1. The van der Waals surface area contributed by atoms with Gasteiger partial charge < -0.3 is 9.52 Å². The third-order valence-corrected chi connectivity index (χ3v) is 2.74. The van der Waals surface area contributed by atoms with Gasteiger partial charge in [-0.1, -0.05) is 0 Å². The van der Waals surface area contributed by atoms with Crippen LogP contribution in [0.2, 0.25) is 0 Å². The molecule has 0 radical (unpaired) electrons. The van der Waals surface area contributed by atoms with Crippen molar-refractivity contribution < 1.29 is 14.3 Å². The van der Waals surface area contributed by atoms with Crippen LogP contribution < -0.4 is 0 Å². The first kappa shape index (κ1) is 10.1. The lowest BCUT2D eigenvalue weighted by Crippen LogP contribution is -1.98. The maximum Gasteiger partial charge on any atom is 0.373 e. The Morgan fingerprint density at radius 1 is 1.59 bits per heavy atom. The van der Waals surface area contributed by atoms with Crippen LogP contribution in [0.5, 0.6) is 0 Å². The lowest BCUT2D eigenvalue weighted by atomic mass is 10.2. The number of carboxylic acid groups (broad SMARTS) is 1. The van der Waals surface area contributed by atoms with Gasteiger partial charge in [0, 0.05) is 19.2 Å². The number of oxazole rings is 1. The van der Waals surface area contributed by atoms with Crippen molar-refractivity contribution in [1.29, 1.82) is 0 Å². The largest absolute Gasteiger partial charge is 0.475 e. The molecule has 1 aliphatic rings. The summed E-state index contributed by atoms with van der Waals surface area (Å²) < 4.78 is 6.91. The van der Waals surface area contributed by atoms with Crippen LogP contribution in [0.1, 0.15) is 35.0 Å². The minimum absolute atomic E-state index is 0.0480. The van der Waals surface area contributed by atoms with Gasteiger partial charge in [0.15, 0.2) is 0 Å². The van der Waals surface area contributed by atoms with Gasteiger partial charge in [0.25, 0.3) is 0 Å². The van der Waals surface area contributed by atoms with Crippen molar-refractivity contribution in [3.05, 3.63) is 23.7 Å². The number of aryl methyl sites for hydroxylation is 1. The quantitative estimate of drug-likeness (QED) is 0.871. The predicted octanol–water partition coefficient (Wildman–Crippen LogP) is 1.65. The third-order valence-electron chi connectivity index (χ3n) is 2.74. The molecule has 6 heteroatoms. The molecule has 88 valence electrons. The molecule has 2 aromatic heterocycles. The molecular weight excluding hydrogens is 222 g/mol. The van der Waals surface area contributed by atoms with Crippen molar-refractivity contribution in [3.63, 3.8) is 0 Å². The van der Waals surface area contributed by atoms with Crippen LogP contribution in [-0.4, -0.2) is 25.8 Å². The van der Waals surface area contributed by atoms with Crippen LogP contribution in [0.4, 0.5) is 0 Å². The normalized spacial score (nSPS) is 15.1. The molecule has 6 nitrogen and oxygen atoms in total. The van der Waals surface area contributed by atoms with Gasteiger partial charge >= 0.3 is 5.97 Å². The van der Waals surface area contributed by atoms with E-state index >= 15 is 0 Å². The summed E-state index contributed by atoms with van der Waals surface area (Å²) in [4.78, 5) is 15.3. The van der Waals surface area contributed by atoms with Gasteiger partial charge in [0.1, 0.15) is 5.69 Å². The highest BCUT2D eigenvalue weighted by Gasteiger charge is 2.33. The van der Waals surface area contributed by atoms with Gasteiger partial charge in [-0.05, 0) is 18.9 Å². The highest BCUT2D eigenvalue weighted by molar-refractivity contribution is 5.86. The van der Waals surface area contributed by atoms with E-state index in [1.807, 2.05) is 0 Å². The zero-order chi connectivity index (χ0) is 12.0. The van der Waals surface area contributed by atoms with E-state index in [4.69, 9.17) is 9.52 Å². The molecule has 0 bridgehead atoms. The molecule has 0 saturated heterocycles. The van der Waals surface area contributed by atoms with E-state index < -0.39 is 5.97 Å². The first-order valence-electron chi connectivity index (χ1n) is 5.39. The van der Waals surface area contributed by atoms with Crippen molar-refractivity contribution in [2.75, 3.05) is 0 Å². The average Bonchev–Trinajstić information content (AvgIpc) is 2.87. The topological polar surface area (TPSA) is 81.2 Å². The fourth-order valence-corrected chi connectivity index (χ4v) is 1.76. The van der Waals surface area contributed by atoms with E-state index in [-0.39, 0.29) is 17.6 Å². The Hall–Kier alpha value is -2.11. The van der Waals surface area contributed by atoms with E-state index in [2.05, 4.69) is 10.1 Å². The Kier molecular flexibility index (Phi) is 2.04. The second-order valence-electron chi connectivity index (χ2n) is 4.19. The molecule has 3 rings (SSSR count). The average molecular weight is 233 g/mol. The van der Waals surface area contributed by atoms with Crippen LogP contribution in [0, 0.1) is 0 Å². The summed E-state index contributed by atoms with van der Waals surface area (Å²) >= 11 is 0. The first-order valence-corrected chi connectivity index (χ1v) is 5.39. The number of hydrogen-bond acceptors (Lipinski definition) is 4. The van der Waals surface area contributed by atoms with E-state index in [0.717, 1.165) is 12.8 Å². The third kappa shape index (κ3) is 1.71. The van der Waals surface area contributed by atoms with Crippen LogP contribution >= 0.6 is 0 Å². The summed E-state index contributed by atoms with van der Waals surface area (Å²) in [5.41, 5.74) is 1.11. The van der Waals surface area contributed by atoms with Gasteiger partial charge in [-0.15, -0.1) is 0 Å². The zero-order valence-corrected chi connectivity index (χ0v) is 9.25. The van der Waals surface area contributed by atoms with Crippen molar-refractivity contribution in [3.8, 4) is 11.6 Å². The standard InChI is InChI=1S/C11H11N3O3/c1-14-5-4-7(13-14)10-12-8(6-2-3-6)9(17-10)11(15)16/h4-6H,2-3H2,1H3,(H,15,16). The van der Waals surface area contributed by atoms with E-state index in [9.17, 15) is 4.79 Å². The van der Waals surface area contributed by atoms with Crippen LogP contribution in [0.15, 0.2) is 16.7 Å². The summed E-state index contributed by atoms with van der Waals surface area (Å²) in [6.45, 7) is 0. The van der Waals surface area contributed by atoms with Gasteiger partial charge in [-0.2, -0.15) is 5.10 Å². The molecule has 0 unspecified atom stereocenters. The fourth-order valence-electron chi connectivity index (χ4n) is 1.76. The second kappa shape index (κ2) is 3.44. The number of carbonyl (C=O) groups is 1. The number of aromatic carboxylic acids is 1. The number of nitrogens with zero attached hydrogens (tertiary/aromatic N) is 3. The molecule has 0 spiro atoms. The molecular formula is C11H11N3O3. The zero-order valence-electron chi connectivity index (χ0n) is 9.25. The van der Waals surface area contributed by atoms with Crippen molar-refractivity contribution >= 4 is 5.97 Å². The molecule has 2 aromatic rings. The highest BCUT2D eigenvalue weighted by Crippen LogP contribution is 2.42. The Labute approximate surface area is 96.9 Å². The lowest BCUT2D eigenvalue weighted by Gasteiger charge is -1.89. The molecule has 1 aliphatic carbocycles. The minimum atomic E-state index is -1.07. The SMILES string of the molecule is Cn1ccc(-c2nc(C3CC3)c(C(=O)O)o2)n1. The number of hydrogen-bond donors (Lipinski definition) is 1. The summed E-state index contributed by atoms with van der Waals surface area (Å²) in [5.74, 6) is -0.595. The molecule has 0 atom stereocenters. The van der Waals surface area contributed by atoms with Gasteiger partial charge in [0.2, 0.25) is 11.7 Å². The molecule has 0 amide bonds. The monoisotopic (exact) mass is 233 g/mol. The Balaban J connectivity index is 2.06. The predicted molar refractivity (Wildman–Crippen MR) is 57.6 cm³/mol. The Morgan fingerprint density at radius 2 is 2.35 bits per heavy atom. The summed E-state index contributed by atoms with van der Waals surface area (Å²) in [6, 6.07) is 1.74. The van der Waals surface area contributed by atoms with Crippen LogP contribution in [-0.2, 0) is 7.05 Å². The molecule has 1 N–H and O–H groups in total. The van der Waals surface area contributed by atoms with Gasteiger partial charge in [0.05, 0.1) is 5.69 Å². The van der Waals surface area contributed by atoms with Gasteiger partial charge in [-0.3, -0.25) is 4.68 Å².